The third-order valence-electron chi connectivity index (χ3n) is 4.45. The van der Waals surface area contributed by atoms with Gasteiger partial charge in [0.25, 0.3) is 5.69 Å². The summed E-state index contributed by atoms with van der Waals surface area (Å²) in [5.74, 6) is 0. The number of primary sulfonamides is 1. The number of anilines is 1. The number of nitrogens with two attached hydrogens (primary N) is 1. The van der Waals surface area contributed by atoms with Gasteiger partial charge in [0.05, 0.1) is 9.82 Å². The Labute approximate surface area is 136 Å². The molecule has 1 fully saturated rings. The van der Waals surface area contributed by atoms with Gasteiger partial charge in [-0.05, 0) is 36.8 Å². The second kappa shape index (κ2) is 6.45. The van der Waals surface area contributed by atoms with Crippen molar-refractivity contribution in [3.63, 3.8) is 0 Å². The van der Waals surface area contributed by atoms with Gasteiger partial charge in [-0.1, -0.05) is 20.3 Å². The van der Waals surface area contributed by atoms with Crippen molar-refractivity contribution in [2.45, 2.75) is 44.4 Å². The first-order chi connectivity index (χ1) is 10.7. The van der Waals surface area contributed by atoms with E-state index in [4.69, 9.17) is 5.14 Å². The Kier molecular flexibility index (Phi) is 4.95. The van der Waals surface area contributed by atoms with Crippen LogP contribution in [0.3, 0.4) is 0 Å². The van der Waals surface area contributed by atoms with E-state index in [0.717, 1.165) is 44.8 Å². The van der Waals surface area contributed by atoms with Crippen molar-refractivity contribution in [1.29, 1.82) is 0 Å². The van der Waals surface area contributed by atoms with Gasteiger partial charge in [-0.3, -0.25) is 10.1 Å². The molecule has 0 aliphatic carbocycles. The molecule has 7 nitrogen and oxygen atoms in total. The van der Waals surface area contributed by atoms with E-state index < -0.39 is 14.9 Å². The summed E-state index contributed by atoms with van der Waals surface area (Å²) >= 11 is 0. The first-order valence-electron chi connectivity index (χ1n) is 7.72. The third-order valence-corrected chi connectivity index (χ3v) is 5.36. The van der Waals surface area contributed by atoms with Crippen LogP contribution in [0.2, 0.25) is 0 Å². The lowest BCUT2D eigenvalue weighted by atomic mass is 9.78. The number of nitrogens with zero attached hydrogens (tertiary/aromatic N) is 2. The largest absolute Gasteiger partial charge is 0.365 e. The zero-order valence-corrected chi connectivity index (χ0v) is 14.3. The van der Waals surface area contributed by atoms with Crippen LogP contribution in [0.25, 0.3) is 0 Å². The Hall–Kier alpha value is -1.67. The summed E-state index contributed by atoms with van der Waals surface area (Å²) in [5.41, 5.74) is 0.376. The van der Waals surface area contributed by atoms with Crippen molar-refractivity contribution in [1.82, 2.24) is 0 Å². The summed E-state index contributed by atoms with van der Waals surface area (Å²) in [7, 11) is -3.96. The number of rotatable bonds is 5. The average molecular weight is 341 g/mol. The van der Waals surface area contributed by atoms with Crippen LogP contribution in [0.15, 0.2) is 23.1 Å². The SMILES string of the molecule is CCCC1(C)CCCN(c2ccc(S(N)(=O)=O)cc2[N+](=O)[O-])C1. The van der Waals surface area contributed by atoms with E-state index in [1.54, 1.807) is 0 Å². The molecule has 1 heterocycles. The van der Waals surface area contributed by atoms with Gasteiger partial charge in [-0.25, -0.2) is 13.6 Å². The minimum Gasteiger partial charge on any atom is -0.365 e. The van der Waals surface area contributed by atoms with Crippen LogP contribution >= 0.6 is 0 Å². The highest BCUT2D eigenvalue weighted by Gasteiger charge is 2.33. The van der Waals surface area contributed by atoms with Gasteiger partial charge in [0.1, 0.15) is 5.69 Å². The molecule has 1 aromatic rings. The molecule has 0 spiro atoms. The summed E-state index contributed by atoms with van der Waals surface area (Å²) in [6.45, 7) is 5.80. The zero-order chi connectivity index (χ0) is 17.3. The van der Waals surface area contributed by atoms with Gasteiger partial charge in [0, 0.05) is 19.2 Å². The highest BCUT2D eigenvalue weighted by molar-refractivity contribution is 7.89. The Morgan fingerprint density at radius 1 is 1.43 bits per heavy atom. The Bertz CT molecular complexity index is 701. The summed E-state index contributed by atoms with van der Waals surface area (Å²) < 4.78 is 22.9. The van der Waals surface area contributed by atoms with Gasteiger partial charge in [0.15, 0.2) is 0 Å². The molecular weight excluding hydrogens is 318 g/mol. The van der Waals surface area contributed by atoms with Crippen molar-refractivity contribution < 1.29 is 13.3 Å². The molecule has 0 bridgehead atoms. The average Bonchev–Trinajstić information content (AvgIpc) is 2.45. The minimum atomic E-state index is -3.96. The maximum Gasteiger partial charge on any atom is 0.293 e. The summed E-state index contributed by atoms with van der Waals surface area (Å²) in [5, 5.41) is 16.4. The number of sulfonamides is 1. The Balaban J connectivity index is 2.41. The fraction of sp³-hybridized carbons (Fsp3) is 0.600. The molecule has 2 N–H and O–H groups in total. The van der Waals surface area contributed by atoms with Gasteiger partial charge >= 0.3 is 0 Å². The first kappa shape index (κ1) is 17.7. The van der Waals surface area contributed by atoms with Gasteiger partial charge in [-0.2, -0.15) is 0 Å². The fourth-order valence-electron chi connectivity index (χ4n) is 3.42. The molecular formula is C15H23N3O4S. The van der Waals surface area contributed by atoms with Crippen LogP contribution in [0.5, 0.6) is 0 Å². The smallest absolute Gasteiger partial charge is 0.293 e. The lowest BCUT2D eigenvalue weighted by Crippen LogP contribution is -2.42. The van der Waals surface area contributed by atoms with E-state index in [9.17, 15) is 18.5 Å². The van der Waals surface area contributed by atoms with Crippen molar-refractivity contribution >= 4 is 21.4 Å². The van der Waals surface area contributed by atoms with E-state index in [0.29, 0.717) is 5.69 Å². The number of benzene rings is 1. The lowest BCUT2D eigenvalue weighted by molar-refractivity contribution is -0.384. The van der Waals surface area contributed by atoms with Crippen LogP contribution in [-0.2, 0) is 10.0 Å². The van der Waals surface area contributed by atoms with Crippen LogP contribution in [-0.4, -0.2) is 26.4 Å². The second-order valence-electron chi connectivity index (χ2n) is 6.54. The molecule has 1 aliphatic heterocycles. The Morgan fingerprint density at radius 2 is 2.13 bits per heavy atom. The quantitative estimate of drug-likeness (QED) is 0.654. The van der Waals surface area contributed by atoms with E-state index in [1.165, 1.54) is 12.1 Å². The maximum absolute atomic E-state index is 11.4. The van der Waals surface area contributed by atoms with E-state index in [2.05, 4.69) is 13.8 Å². The molecule has 0 aromatic heterocycles. The van der Waals surface area contributed by atoms with Crippen LogP contribution < -0.4 is 10.0 Å². The highest BCUT2D eigenvalue weighted by atomic mass is 32.2. The molecule has 0 radical (unpaired) electrons. The number of nitro groups is 1. The topological polar surface area (TPSA) is 107 Å². The molecule has 1 aliphatic rings. The van der Waals surface area contributed by atoms with Crippen molar-refractivity contribution in [2.75, 3.05) is 18.0 Å². The predicted octanol–water partition coefficient (Wildman–Crippen LogP) is 2.65. The summed E-state index contributed by atoms with van der Waals surface area (Å²) in [6, 6.07) is 3.88. The number of hydrogen-bond donors (Lipinski definition) is 1. The van der Waals surface area contributed by atoms with Crippen LogP contribution in [0.1, 0.15) is 39.5 Å². The molecule has 23 heavy (non-hydrogen) atoms. The highest BCUT2D eigenvalue weighted by Crippen LogP contribution is 2.39. The number of piperidine rings is 1. The predicted molar refractivity (Wildman–Crippen MR) is 88.9 cm³/mol. The third kappa shape index (κ3) is 4.00. The molecule has 0 amide bonds. The Morgan fingerprint density at radius 3 is 2.70 bits per heavy atom. The van der Waals surface area contributed by atoms with Crippen LogP contribution in [0, 0.1) is 15.5 Å². The van der Waals surface area contributed by atoms with Gasteiger partial charge in [-0.15, -0.1) is 0 Å². The molecule has 2 rings (SSSR count). The van der Waals surface area contributed by atoms with E-state index >= 15 is 0 Å². The fourth-order valence-corrected chi connectivity index (χ4v) is 3.96. The summed E-state index contributed by atoms with van der Waals surface area (Å²) in [4.78, 5) is 12.6. The monoisotopic (exact) mass is 341 g/mol. The van der Waals surface area contributed by atoms with Crippen molar-refractivity contribution in [3.8, 4) is 0 Å². The molecule has 0 saturated carbocycles. The van der Waals surface area contributed by atoms with E-state index in [-0.39, 0.29) is 16.0 Å². The second-order valence-corrected chi connectivity index (χ2v) is 8.10. The molecule has 8 heteroatoms. The van der Waals surface area contributed by atoms with Crippen LogP contribution in [0.4, 0.5) is 11.4 Å². The molecule has 1 unspecified atom stereocenters. The van der Waals surface area contributed by atoms with Gasteiger partial charge in [0.2, 0.25) is 10.0 Å². The van der Waals surface area contributed by atoms with Crippen molar-refractivity contribution in [2.24, 2.45) is 10.6 Å². The zero-order valence-electron chi connectivity index (χ0n) is 13.5. The standard InChI is InChI=1S/C15H23N3O4S/c1-3-7-15(2)8-4-9-17(11-15)13-6-5-12(23(16,21)22)10-14(13)18(19)20/h5-6,10H,3-4,7-9,11H2,1-2H3,(H2,16,21,22). The molecule has 128 valence electrons. The number of nitro benzene ring substituents is 1. The maximum atomic E-state index is 11.4. The van der Waals surface area contributed by atoms with E-state index in [1.807, 2.05) is 4.90 Å². The van der Waals surface area contributed by atoms with Crippen molar-refractivity contribution in [3.05, 3.63) is 28.3 Å². The number of hydrogen-bond acceptors (Lipinski definition) is 5. The normalized spacial score (nSPS) is 22.1. The van der Waals surface area contributed by atoms with Gasteiger partial charge < -0.3 is 4.90 Å². The molecule has 1 atom stereocenters. The first-order valence-corrected chi connectivity index (χ1v) is 9.27. The summed E-state index contributed by atoms with van der Waals surface area (Å²) in [6.07, 6.45) is 4.19. The molecule has 1 saturated heterocycles. The minimum absolute atomic E-state index is 0.124. The molecule has 1 aromatic carbocycles. The lowest BCUT2D eigenvalue weighted by Gasteiger charge is -2.41.